The predicted molar refractivity (Wildman–Crippen MR) is 175 cm³/mol. The van der Waals surface area contributed by atoms with Crippen LogP contribution in [0, 0.1) is 0 Å². The first-order valence-corrected chi connectivity index (χ1v) is 12.5. The number of anilines is 2. The highest BCUT2D eigenvalue weighted by molar-refractivity contribution is 6.04. The summed E-state index contributed by atoms with van der Waals surface area (Å²) in [4.78, 5) is 33.4. The van der Waals surface area contributed by atoms with Crippen LogP contribution in [0.2, 0.25) is 0 Å². The Balaban J connectivity index is 0.00000196. The molecular formula is C30H31Cl3N6O2. The Kier molecular flexibility index (Phi) is 13.1. The van der Waals surface area contributed by atoms with Gasteiger partial charge in [0.2, 0.25) is 11.8 Å². The molecule has 0 aromatic heterocycles. The van der Waals surface area contributed by atoms with Gasteiger partial charge in [0.15, 0.2) is 0 Å². The van der Waals surface area contributed by atoms with Crippen LogP contribution in [0.5, 0.6) is 0 Å². The number of benzene rings is 3. The SMILES string of the molecule is Cl.Cl.Cl.O=C(/C=C/c1ccc(/C=C/C(=O)Nc2ccc(C3=NCCN3)cc2)cc1)Nc1ccc(C2=NCCN2)cc1. The van der Waals surface area contributed by atoms with E-state index in [0.717, 1.165) is 71.5 Å². The first kappa shape index (κ1) is 33.1. The van der Waals surface area contributed by atoms with Gasteiger partial charge in [0, 0.05) is 47.7 Å². The number of hydrogen-bond acceptors (Lipinski definition) is 6. The van der Waals surface area contributed by atoms with Crippen LogP contribution in [0.1, 0.15) is 22.3 Å². The van der Waals surface area contributed by atoms with Gasteiger partial charge in [-0.05, 0) is 71.8 Å². The van der Waals surface area contributed by atoms with Gasteiger partial charge in [0.1, 0.15) is 11.7 Å². The molecule has 5 rings (SSSR count). The third-order valence-electron chi connectivity index (χ3n) is 5.99. The predicted octanol–water partition coefficient (Wildman–Crippen LogP) is 4.96. The third-order valence-corrected chi connectivity index (χ3v) is 5.99. The summed E-state index contributed by atoms with van der Waals surface area (Å²) in [6.07, 6.45) is 6.49. The van der Waals surface area contributed by atoms with Crippen molar-refractivity contribution in [2.45, 2.75) is 0 Å². The smallest absolute Gasteiger partial charge is 0.248 e. The monoisotopic (exact) mass is 612 g/mol. The van der Waals surface area contributed by atoms with E-state index in [2.05, 4.69) is 31.3 Å². The van der Waals surface area contributed by atoms with Crippen LogP contribution in [0.3, 0.4) is 0 Å². The van der Waals surface area contributed by atoms with Gasteiger partial charge < -0.3 is 21.3 Å². The van der Waals surface area contributed by atoms with Crippen LogP contribution in [0.15, 0.2) is 94.9 Å². The molecule has 0 unspecified atom stereocenters. The van der Waals surface area contributed by atoms with Crippen LogP contribution in [0.25, 0.3) is 12.2 Å². The maximum Gasteiger partial charge on any atom is 0.248 e. The Labute approximate surface area is 257 Å². The molecule has 41 heavy (non-hydrogen) atoms. The summed E-state index contributed by atoms with van der Waals surface area (Å²) < 4.78 is 0. The molecule has 2 aliphatic rings. The minimum absolute atomic E-state index is 0. The summed E-state index contributed by atoms with van der Waals surface area (Å²) in [7, 11) is 0. The van der Waals surface area contributed by atoms with E-state index in [4.69, 9.17) is 0 Å². The van der Waals surface area contributed by atoms with Crippen molar-refractivity contribution < 1.29 is 9.59 Å². The maximum absolute atomic E-state index is 12.3. The zero-order chi connectivity index (χ0) is 26.2. The van der Waals surface area contributed by atoms with Gasteiger partial charge in [-0.1, -0.05) is 24.3 Å². The summed E-state index contributed by atoms with van der Waals surface area (Å²) in [5.74, 6) is 1.35. The molecule has 0 spiro atoms. The molecule has 0 saturated heterocycles. The second-order valence-corrected chi connectivity index (χ2v) is 8.78. The number of nitrogens with zero attached hydrogens (tertiary/aromatic N) is 2. The zero-order valence-corrected chi connectivity index (χ0v) is 24.5. The van der Waals surface area contributed by atoms with Crippen LogP contribution in [-0.4, -0.2) is 49.7 Å². The fourth-order valence-corrected chi connectivity index (χ4v) is 4.04. The number of carbonyl (C=O) groups excluding carboxylic acids is 2. The van der Waals surface area contributed by atoms with E-state index in [-0.39, 0.29) is 49.0 Å². The van der Waals surface area contributed by atoms with E-state index in [1.165, 1.54) is 12.2 Å². The van der Waals surface area contributed by atoms with Crippen molar-refractivity contribution in [1.82, 2.24) is 10.6 Å². The van der Waals surface area contributed by atoms with Crippen LogP contribution < -0.4 is 21.3 Å². The van der Waals surface area contributed by atoms with E-state index in [1.54, 1.807) is 12.2 Å². The molecule has 0 fully saturated rings. The van der Waals surface area contributed by atoms with Crippen LogP contribution >= 0.6 is 37.2 Å². The molecule has 0 atom stereocenters. The Bertz CT molecular complexity index is 1320. The number of amidine groups is 2. The van der Waals surface area contributed by atoms with Gasteiger partial charge in [-0.15, -0.1) is 37.2 Å². The summed E-state index contributed by atoms with van der Waals surface area (Å²) >= 11 is 0. The Morgan fingerprint density at radius 2 is 0.951 bits per heavy atom. The van der Waals surface area contributed by atoms with Gasteiger partial charge >= 0.3 is 0 Å². The molecule has 8 nitrogen and oxygen atoms in total. The maximum atomic E-state index is 12.3. The molecule has 2 amide bonds. The Hall–Kier alpha value is -4.11. The summed E-state index contributed by atoms with van der Waals surface area (Å²) in [5, 5.41) is 12.2. The van der Waals surface area contributed by atoms with Crippen molar-refractivity contribution in [3.05, 3.63) is 107 Å². The molecule has 4 N–H and O–H groups in total. The van der Waals surface area contributed by atoms with E-state index < -0.39 is 0 Å². The number of carbonyl (C=O) groups is 2. The number of aliphatic imine (C=N–C) groups is 2. The summed E-state index contributed by atoms with van der Waals surface area (Å²) in [5.41, 5.74) is 5.20. The fraction of sp³-hybridized carbons (Fsp3) is 0.133. The minimum Gasteiger partial charge on any atom is -0.368 e. The van der Waals surface area contributed by atoms with Crippen LogP contribution in [-0.2, 0) is 9.59 Å². The number of halogens is 3. The van der Waals surface area contributed by atoms with E-state index in [0.29, 0.717) is 0 Å². The quantitative estimate of drug-likeness (QED) is 0.270. The van der Waals surface area contributed by atoms with Gasteiger partial charge in [-0.2, -0.15) is 0 Å². The van der Waals surface area contributed by atoms with Crippen molar-refractivity contribution in [2.24, 2.45) is 9.98 Å². The van der Waals surface area contributed by atoms with Gasteiger partial charge in [-0.3, -0.25) is 19.6 Å². The lowest BCUT2D eigenvalue weighted by molar-refractivity contribution is -0.112. The van der Waals surface area contributed by atoms with Crippen molar-refractivity contribution in [2.75, 3.05) is 36.8 Å². The van der Waals surface area contributed by atoms with E-state index in [9.17, 15) is 9.59 Å². The highest BCUT2D eigenvalue weighted by Gasteiger charge is 2.09. The molecule has 2 heterocycles. The summed E-state index contributed by atoms with van der Waals surface area (Å²) in [6.45, 7) is 3.29. The van der Waals surface area contributed by atoms with Crippen molar-refractivity contribution in [3.63, 3.8) is 0 Å². The normalized spacial score (nSPS) is 13.6. The number of nitrogens with one attached hydrogen (secondary N) is 4. The summed E-state index contributed by atoms with van der Waals surface area (Å²) in [6, 6.07) is 22.7. The second-order valence-electron chi connectivity index (χ2n) is 8.78. The average molecular weight is 614 g/mol. The van der Waals surface area contributed by atoms with Gasteiger partial charge in [0.25, 0.3) is 0 Å². The van der Waals surface area contributed by atoms with E-state index >= 15 is 0 Å². The number of rotatable bonds is 8. The molecule has 2 aliphatic heterocycles. The standard InChI is InChI=1S/C30H28N6O2.3ClH/c37-27(35-25-11-7-23(8-12-25)29-31-17-18-32-29)15-5-21-1-2-22(4-3-21)6-16-28(38)36-26-13-9-24(10-14-26)30-33-19-20-34-30;;;/h1-16H,17-20H2,(H,31,32)(H,33,34)(H,35,37)(H,36,38);3*1H/b15-5+,16-6+;;;. The largest absolute Gasteiger partial charge is 0.368 e. The van der Waals surface area contributed by atoms with Crippen molar-refractivity contribution in [3.8, 4) is 0 Å². The molecule has 3 aromatic carbocycles. The average Bonchev–Trinajstić information content (AvgIpc) is 3.68. The fourth-order valence-electron chi connectivity index (χ4n) is 4.04. The lowest BCUT2D eigenvalue weighted by atomic mass is 10.1. The first-order chi connectivity index (χ1) is 18.6. The topological polar surface area (TPSA) is 107 Å². The van der Waals surface area contributed by atoms with Crippen molar-refractivity contribution in [1.29, 1.82) is 0 Å². The Morgan fingerprint density at radius 3 is 1.27 bits per heavy atom. The van der Waals surface area contributed by atoms with Gasteiger partial charge in [0.05, 0.1) is 13.1 Å². The minimum atomic E-state index is -0.213. The molecule has 214 valence electrons. The number of hydrogen-bond donors (Lipinski definition) is 4. The lowest BCUT2D eigenvalue weighted by Crippen LogP contribution is -2.19. The zero-order valence-electron chi connectivity index (χ0n) is 22.0. The highest BCUT2D eigenvalue weighted by atomic mass is 35.5. The van der Waals surface area contributed by atoms with Crippen molar-refractivity contribution >= 4 is 84.2 Å². The molecule has 0 bridgehead atoms. The molecule has 0 saturated carbocycles. The first-order valence-electron chi connectivity index (χ1n) is 12.5. The molecule has 11 heteroatoms. The lowest BCUT2D eigenvalue weighted by Gasteiger charge is -2.05. The third kappa shape index (κ3) is 9.49. The molecule has 3 aromatic rings. The highest BCUT2D eigenvalue weighted by Crippen LogP contribution is 2.14. The molecule has 0 radical (unpaired) electrons. The second kappa shape index (κ2) is 16.2. The Morgan fingerprint density at radius 1 is 0.585 bits per heavy atom. The number of amides is 2. The van der Waals surface area contributed by atoms with E-state index in [1.807, 2.05) is 72.8 Å². The molecule has 0 aliphatic carbocycles. The van der Waals surface area contributed by atoms with Gasteiger partial charge in [-0.25, -0.2) is 0 Å². The van der Waals surface area contributed by atoms with Crippen LogP contribution in [0.4, 0.5) is 11.4 Å². The molecular weight excluding hydrogens is 583 g/mol.